The summed E-state index contributed by atoms with van der Waals surface area (Å²) in [5.41, 5.74) is 6.92. The zero-order valence-corrected chi connectivity index (χ0v) is 12.5. The second-order valence-electron chi connectivity index (χ2n) is 4.22. The standard InChI is InChI=1S/C15H16BrNO2/c1-10(17)12-8-7-11(16)9-15(12)19-14-6-4-3-5-13(14)18-2/h3-10H,17H2,1-2H3. The summed E-state index contributed by atoms with van der Waals surface area (Å²) in [4.78, 5) is 0. The predicted molar refractivity (Wildman–Crippen MR) is 79.8 cm³/mol. The Labute approximate surface area is 121 Å². The molecule has 0 bridgehead atoms. The summed E-state index contributed by atoms with van der Waals surface area (Å²) in [6, 6.07) is 13.3. The number of rotatable bonds is 4. The van der Waals surface area contributed by atoms with E-state index in [-0.39, 0.29) is 6.04 Å². The first kappa shape index (κ1) is 13.9. The normalized spacial score (nSPS) is 12.0. The summed E-state index contributed by atoms with van der Waals surface area (Å²) in [6.07, 6.45) is 0. The zero-order chi connectivity index (χ0) is 13.8. The number of halogens is 1. The summed E-state index contributed by atoms with van der Waals surface area (Å²) < 4.78 is 12.2. The van der Waals surface area contributed by atoms with Crippen molar-refractivity contribution < 1.29 is 9.47 Å². The number of ether oxygens (including phenoxy) is 2. The molecule has 0 spiro atoms. The fourth-order valence-corrected chi connectivity index (χ4v) is 2.13. The molecule has 0 heterocycles. The molecule has 0 saturated heterocycles. The second-order valence-corrected chi connectivity index (χ2v) is 5.14. The van der Waals surface area contributed by atoms with Gasteiger partial charge in [-0.05, 0) is 31.2 Å². The van der Waals surface area contributed by atoms with E-state index in [4.69, 9.17) is 15.2 Å². The highest BCUT2D eigenvalue weighted by molar-refractivity contribution is 9.10. The van der Waals surface area contributed by atoms with Crippen LogP contribution in [0.3, 0.4) is 0 Å². The molecule has 3 nitrogen and oxygen atoms in total. The quantitative estimate of drug-likeness (QED) is 0.914. The van der Waals surface area contributed by atoms with E-state index in [1.807, 2.05) is 49.4 Å². The molecule has 2 N–H and O–H groups in total. The van der Waals surface area contributed by atoms with E-state index in [1.54, 1.807) is 7.11 Å². The summed E-state index contributed by atoms with van der Waals surface area (Å²) in [6.45, 7) is 1.93. The van der Waals surface area contributed by atoms with Gasteiger partial charge in [0.1, 0.15) is 5.75 Å². The summed E-state index contributed by atoms with van der Waals surface area (Å²) in [7, 11) is 1.62. The van der Waals surface area contributed by atoms with E-state index in [1.165, 1.54) is 0 Å². The maximum Gasteiger partial charge on any atom is 0.169 e. The number of nitrogens with two attached hydrogens (primary N) is 1. The Hall–Kier alpha value is -1.52. The van der Waals surface area contributed by atoms with Gasteiger partial charge in [-0.1, -0.05) is 34.1 Å². The topological polar surface area (TPSA) is 44.5 Å². The van der Waals surface area contributed by atoms with Crippen LogP contribution in [-0.4, -0.2) is 7.11 Å². The van der Waals surface area contributed by atoms with Gasteiger partial charge in [0.15, 0.2) is 11.5 Å². The van der Waals surface area contributed by atoms with Gasteiger partial charge in [0.25, 0.3) is 0 Å². The molecule has 2 aromatic carbocycles. The first-order valence-electron chi connectivity index (χ1n) is 5.97. The van der Waals surface area contributed by atoms with Crippen molar-refractivity contribution in [3.63, 3.8) is 0 Å². The molecule has 100 valence electrons. The van der Waals surface area contributed by atoms with Gasteiger partial charge in [-0.2, -0.15) is 0 Å². The summed E-state index contributed by atoms with van der Waals surface area (Å²) >= 11 is 3.44. The lowest BCUT2D eigenvalue weighted by atomic mass is 10.1. The van der Waals surface area contributed by atoms with Crippen molar-refractivity contribution >= 4 is 15.9 Å². The molecule has 1 atom stereocenters. The molecule has 2 aromatic rings. The molecule has 4 heteroatoms. The molecule has 1 unspecified atom stereocenters. The molecular formula is C15H16BrNO2. The molecule has 19 heavy (non-hydrogen) atoms. The van der Waals surface area contributed by atoms with Gasteiger partial charge in [-0.15, -0.1) is 0 Å². The first-order valence-corrected chi connectivity index (χ1v) is 6.77. The van der Waals surface area contributed by atoms with E-state index in [2.05, 4.69) is 15.9 Å². The molecule has 0 fully saturated rings. The van der Waals surface area contributed by atoms with E-state index in [0.29, 0.717) is 11.5 Å². The van der Waals surface area contributed by atoms with Crippen molar-refractivity contribution in [2.75, 3.05) is 7.11 Å². The number of hydrogen-bond acceptors (Lipinski definition) is 3. The molecular weight excluding hydrogens is 306 g/mol. The summed E-state index contributed by atoms with van der Waals surface area (Å²) in [5.74, 6) is 2.09. The predicted octanol–water partition coefficient (Wildman–Crippen LogP) is 4.27. The van der Waals surface area contributed by atoms with Crippen LogP contribution < -0.4 is 15.2 Å². The van der Waals surface area contributed by atoms with E-state index in [0.717, 1.165) is 15.8 Å². The van der Waals surface area contributed by atoms with Crippen molar-refractivity contribution in [3.05, 3.63) is 52.5 Å². The third kappa shape index (κ3) is 3.28. The van der Waals surface area contributed by atoms with Gasteiger partial charge in [0, 0.05) is 16.1 Å². The van der Waals surface area contributed by atoms with Crippen LogP contribution in [0.25, 0.3) is 0 Å². The van der Waals surface area contributed by atoms with Gasteiger partial charge in [-0.3, -0.25) is 0 Å². The van der Waals surface area contributed by atoms with Gasteiger partial charge in [-0.25, -0.2) is 0 Å². The molecule has 0 saturated carbocycles. The average Bonchev–Trinajstić information content (AvgIpc) is 2.39. The molecule has 0 aromatic heterocycles. The Bertz CT molecular complexity index is 570. The molecule has 2 rings (SSSR count). The number of benzene rings is 2. The lowest BCUT2D eigenvalue weighted by molar-refractivity contribution is 0.377. The van der Waals surface area contributed by atoms with Crippen LogP contribution in [0.2, 0.25) is 0 Å². The minimum atomic E-state index is -0.0993. The van der Waals surface area contributed by atoms with E-state index < -0.39 is 0 Å². The molecule has 0 amide bonds. The van der Waals surface area contributed by atoms with Crippen LogP contribution in [-0.2, 0) is 0 Å². The minimum Gasteiger partial charge on any atom is -0.493 e. The largest absolute Gasteiger partial charge is 0.493 e. The van der Waals surface area contributed by atoms with Gasteiger partial charge < -0.3 is 15.2 Å². The molecule has 0 aliphatic rings. The fourth-order valence-electron chi connectivity index (χ4n) is 1.79. The highest BCUT2D eigenvalue weighted by atomic mass is 79.9. The van der Waals surface area contributed by atoms with Gasteiger partial charge in [0.2, 0.25) is 0 Å². The maximum atomic E-state index is 5.96. The van der Waals surface area contributed by atoms with Gasteiger partial charge >= 0.3 is 0 Å². The van der Waals surface area contributed by atoms with Crippen molar-refractivity contribution in [3.8, 4) is 17.2 Å². The first-order chi connectivity index (χ1) is 9.11. The van der Waals surface area contributed by atoms with Crippen LogP contribution in [0.1, 0.15) is 18.5 Å². The third-order valence-electron chi connectivity index (χ3n) is 2.76. The SMILES string of the molecule is COc1ccccc1Oc1cc(Br)ccc1C(C)N. The maximum absolute atomic E-state index is 5.96. The van der Waals surface area contributed by atoms with Crippen LogP contribution in [0, 0.1) is 0 Å². The van der Waals surface area contributed by atoms with Crippen LogP contribution in [0.15, 0.2) is 46.9 Å². The van der Waals surface area contributed by atoms with Crippen LogP contribution in [0.4, 0.5) is 0 Å². The summed E-state index contributed by atoms with van der Waals surface area (Å²) in [5, 5.41) is 0. The highest BCUT2D eigenvalue weighted by Gasteiger charge is 2.11. The minimum absolute atomic E-state index is 0.0993. The molecule has 0 radical (unpaired) electrons. The number of hydrogen-bond donors (Lipinski definition) is 1. The number of para-hydroxylation sites is 2. The Morgan fingerprint density at radius 1 is 1.05 bits per heavy atom. The second kappa shape index (κ2) is 6.08. The fraction of sp³-hybridized carbons (Fsp3) is 0.200. The lowest BCUT2D eigenvalue weighted by Crippen LogP contribution is -2.06. The Morgan fingerprint density at radius 2 is 1.74 bits per heavy atom. The molecule has 0 aliphatic carbocycles. The lowest BCUT2D eigenvalue weighted by Gasteiger charge is -2.15. The monoisotopic (exact) mass is 321 g/mol. The van der Waals surface area contributed by atoms with Crippen molar-refractivity contribution in [2.24, 2.45) is 5.73 Å². The van der Waals surface area contributed by atoms with Crippen LogP contribution in [0.5, 0.6) is 17.2 Å². The van der Waals surface area contributed by atoms with Crippen molar-refractivity contribution in [2.45, 2.75) is 13.0 Å². The van der Waals surface area contributed by atoms with E-state index in [9.17, 15) is 0 Å². The average molecular weight is 322 g/mol. The Kier molecular flexibility index (Phi) is 4.45. The van der Waals surface area contributed by atoms with Crippen molar-refractivity contribution in [1.29, 1.82) is 0 Å². The van der Waals surface area contributed by atoms with Crippen molar-refractivity contribution in [1.82, 2.24) is 0 Å². The zero-order valence-electron chi connectivity index (χ0n) is 10.9. The Morgan fingerprint density at radius 3 is 2.37 bits per heavy atom. The highest BCUT2D eigenvalue weighted by Crippen LogP contribution is 2.35. The number of methoxy groups -OCH3 is 1. The van der Waals surface area contributed by atoms with E-state index >= 15 is 0 Å². The molecule has 0 aliphatic heterocycles. The Balaban J connectivity index is 2.39. The van der Waals surface area contributed by atoms with Crippen LogP contribution >= 0.6 is 15.9 Å². The van der Waals surface area contributed by atoms with Gasteiger partial charge in [0.05, 0.1) is 7.11 Å². The smallest absolute Gasteiger partial charge is 0.169 e. The third-order valence-corrected chi connectivity index (χ3v) is 3.25.